The molecule has 0 radical (unpaired) electrons. The molecule has 0 aliphatic heterocycles. The van der Waals surface area contributed by atoms with Crippen LogP contribution in [0.4, 0.5) is 0 Å². The molecule has 4 heteroatoms. The van der Waals surface area contributed by atoms with E-state index < -0.39 is 11.1 Å². The van der Waals surface area contributed by atoms with Crippen molar-refractivity contribution in [3.8, 4) is 0 Å². The molecule has 0 fully saturated rings. The number of hydrogen-bond acceptors (Lipinski definition) is 2. The summed E-state index contributed by atoms with van der Waals surface area (Å²) in [5.41, 5.74) is 1.05. The van der Waals surface area contributed by atoms with Crippen LogP contribution in [0.25, 0.3) is 0 Å². The van der Waals surface area contributed by atoms with Crippen molar-refractivity contribution >= 4 is 11.1 Å². The lowest BCUT2D eigenvalue weighted by Crippen LogP contribution is -2.26. The molecule has 0 bridgehead atoms. The van der Waals surface area contributed by atoms with Crippen molar-refractivity contribution in [3.05, 3.63) is 30.1 Å². The van der Waals surface area contributed by atoms with Crippen LogP contribution in [0.15, 0.2) is 24.5 Å². The van der Waals surface area contributed by atoms with Crippen LogP contribution in [-0.4, -0.2) is 14.5 Å². The monoisotopic (exact) mass is 185 g/mol. The first-order valence-corrected chi connectivity index (χ1v) is 4.93. The van der Waals surface area contributed by atoms with Gasteiger partial charge in [0.25, 0.3) is 0 Å². The average Bonchev–Trinajstić information content (AvgIpc) is 2.03. The summed E-state index contributed by atoms with van der Waals surface area (Å²) in [6.07, 6.45) is 4.41. The molecule has 1 aromatic rings. The van der Waals surface area contributed by atoms with E-state index in [1.807, 2.05) is 36.1 Å². The lowest BCUT2D eigenvalue weighted by atomic mass is 10.2. The molecule has 1 unspecified atom stereocenters. The molecule has 0 saturated heterocycles. The van der Waals surface area contributed by atoms with Crippen molar-refractivity contribution in [2.45, 2.75) is 6.42 Å². The minimum Gasteiger partial charge on any atom is -0.772 e. The van der Waals surface area contributed by atoms with E-state index in [0.717, 1.165) is 5.56 Å². The van der Waals surface area contributed by atoms with Crippen LogP contribution in [0.5, 0.6) is 0 Å². The van der Waals surface area contributed by atoms with Gasteiger partial charge in [-0.05, 0) is 12.0 Å². The summed E-state index contributed by atoms with van der Waals surface area (Å²) in [6, 6.07) is 3.85. The minimum atomic E-state index is -1.93. The van der Waals surface area contributed by atoms with Crippen molar-refractivity contribution < 1.29 is 13.3 Å². The highest BCUT2D eigenvalue weighted by atomic mass is 32.2. The van der Waals surface area contributed by atoms with Gasteiger partial charge in [0.15, 0.2) is 12.4 Å². The van der Waals surface area contributed by atoms with E-state index in [1.54, 1.807) is 0 Å². The van der Waals surface area contributed by atoms with Gasteiger partial charge in [-0.25, -0.2) is 4.57 Å². The lowest BCUT2D eigenvalue weighted by Gasteiger charge is -2.03. The fourth-order valence-corrected chi connectivity index (χ4v) is 1.30. The Labute approximate surface area is 74.3 Å². The minimum absolute atomic E-state index is 0.202. The van der Waals surface area contributed by atoms with Crippen molar-refractivity contribution in [3.63, 3.8) is 0 Å². The van der Waals surface area contributed by atoms with Gasteiger partial charge >= 0.3 is 0 Å². The third kappa shape index (κ3) is 3.11. The van der Waals surface area contributed by atoms with Crippen LogP contribution < -0.4 is 4.57 Å². The van der Waals surface area contributed by atoms with E-state index >= 15 is 0 Å². The predicted molar refractivity (Wildman–Crippen MR) is 45.1 cm³/mol. The smallest absolute Gasteiger partial charge is 0.168 e. The molecular weight excluding hydrogens is 174 g/mol. The largest absolute Gasteiger partial charge is 0.772 e. The number of rotatable bonds is 3. The summed E-state index contributed by atoms with van der Waals surface area (Å²) in [7, 11) is 1.93. The molecule has 3 nitrogen and oxygen atoms in total. The quantitative estimate of drug-likeness (QED) is 0.489. The van der Waals surface area contributed by atoms with Gasteiger partial charge in [-0.15, -0.1) is 0 Å². The summed E-state index contributed by atoms with van der Waals surface area (Å²) >= 11 is -1.93. The first-order chi connectivity index (χ1) is 5.68. The van der Waals surface area contributed by atoms with E-state index in [1.165, 1.54) is 0 Å². The number of pyridine rings is 1. The molecule has 66 valence electrons. The van der Waals surface area contributed by atoms with Gasteiger partial charge in [-0.1, -0.05) is 11.1 Å². The first kappa shape index (κ1) is 9.35. The molecule has 0 N–H and O–H groups in total. The van der Waals surface area contributed by atoms with Crippen molar-refractivity contribution in [1.29, 1.82) is 0 Å². The van der Waals surface area contributed by atoms with Crippen LogP contribution in [0.2, 0.25) is 0 Å². The van der Waals surface area contributed by atoms with Crippen molar-refractivity contribution in [2.24, 2.45) is 7.05 Å². The zero-order chi connectivity index (χ0) is 8.97. The highest BCUT2D eigenvalue weighted by Gasteiger charge is 1.95. The summed E-state index contributed by atoms with van der Waals surface area (Å²) in [4.78, 5) is 0. The SMILES string of the molecule is C[n+]1ccc(CCS(=O)[O-])cc1. The Hall–Kier alpha value is -0.740. The third-order valence-corrected chi connectivity index (χ3v) is 2.14. The second-order valence-electron chi connectivity index (χ2n) is 2.63. The van der Waals surface area contributed by atoms with Gasteiger partial charge in [-0.2, -0.15) is 0 Å². The average molecular weight is 185 g/mol. The van der Waals surface area contributed by atoms with Crippen LogP contribution in [-0.2, 0) is 24.5 Å². The van der Waals surface area contributed by atoms with Gasteiger partial charge in [0.05, 0.1) is 0 Å². The molecular formula is C8H11NO2S. The number of hydrogen-bond donors (Lipinski definition) is 0. The summed E-state index contributed by atoms with van der Waals surface area (Å²) in [5, 5.41) is 0. The summed E-state index contributed by atoms with van der Waals surface area (Å²) < 4.78 is 22.4. The number of aromatic nitrogens is 1. The van der Waals surface area contributed by atoms with Gasteiger partial charge in [0.1, 0.15) is 7.05 Å². The highest BCUT2D eigenvalue weighted by molar-refractivity contribution is 7.79. The Bertz CT molecular complexity index is 271. The van der Waals surface area contributed by atoms with Crippen LogP contribution >= 0.6 is 0 Å². The first-order valence-electron chi connectivity index (χ1n) is 3.68. The molecule has 12 heavy (non-hydrogen) atoms. The van der Waals surface area contributed by atoms with Crippen LogP contribution in [0.1, 0.15) is 5.56 Å². The van der Waals surface area contributed by atoms with Crippen molar-refractivity contribution in [2.75, 3.05) is 5.75 Å². The molecule has 0 aliphatic carbocycles. The normalized spacial score (nSPS) is 12.8. The summed E-state index contributed by atoms with van der Waals surface area (Å²) in [6.45, 7) is 0. The second kappa shape index (κ2) is 4.33. The molecule has 0 spiro atoms. The van der Waals surface area contributed by atoms with Crippen LogP contribution in [0.3, 0.4) is 0 Å². The predicted octanol–water partition coefficient (Wildman–Crippen LogP) is -0.0673. The van der Waals surface area contributed by atoms with E-state index in [0.29, 0.717) is 6.42 Å². The van der Waals surface area contributed by atoms with E-state index in [-0.39, 0.29) is 5.75 Å². The van der Waals surface area contributed by atoms with E-state index in [2.05, 4.69) is 0 Å². The van der Waals surface area contributed by atoms with E-state index in [9.17, 15) is 8.76 Å². The number of aryl methyl sites for hydroxylation is 2. The van der Waals surface area contributed by atoms with Crippen LogP contribution in [0, 0.1) is 0 Å². The van der Waals surface area contributed by atoms with Gasteiger partial charge < -0.3 is 4.55 Å². The maximum Gasteiger partial charge on any atom is 0.168 e. The molecule has 1 aromatic heterocycles. The zero-order valence-electron chi connectivity index (χ0n) is 6.90. The Kier molecular flexibility index (Phi) is 3.37. The molecule has 0 saturated carbocycles. The Morgan fingerprint density at radius 3 is 2.58 bits per heavy atom. The van der Waals surface area contributed by atoms with Gasteiger partial charge in [0.2, 0.25) is 0 Å². The van der Waals surface area contributed by atoms with E-state index in [4.69, 9.17) is 0 Å². The Balaban J connectivity index is 2.53. The molecule has 1 rings (SSSR count). The third-order valence-electron chi connectivity index (χ3n) is 1.60. The second-order valence-corrected chi connectivity index (χ2v) is 3.65. The van der Waals surface area contributed by atoms with Gasteiger partial charge in [0, 0.05) is 17.9 Å². The maximum atomic E-state index is 10.2. The Morgan fingerprint density at radius 2 is 2.08 bits per heavy atom. The summed E-state index contributed by atoms with van der Waals surface area (Å²) in [5.74, 6) is 0.202. The topological polar surface area (TPSA) is 44.0 Å². The molecule has 0 aliphatic rings. The highest BCUT2D eigenvalue weighted by Crippen LogP contribution is 1.96. The molecule has 1 heterocycles. The fraction of sp³-hybridized carbons (Fsp3) is 0.375. The maximum absolute atomic E-state index is 10.2. The molecule has 0 aromatic carbocycles. The standard InChI is InChI=1S/C8H11NO2S/c1-9-5-2-8(3-6-9)4-7-12(10)11/h2-3,5-6H,4,7H2,1H3. The molecule has 1 atom stereocenters. The fourth-order valence-electron chi connectivity index (χ4n) is 0.900. The Morgan fingerprint density at radius 1 is 1.50 bits per heavy atom. The van der Waals surface area contributed by atoms with Crippen molar-refractivity contribution in [1.82, 2.24) is 0 Å². The van der Waals surface area contributed by atoms with Gasteiger partial charge in [-0.3, -0.25) is 4.21 Å². The lowest BCUT2D eigenvalue weighted by molar-refractivity contribution is -0.671. The molecule has 0 amide bonds. The zero-order valence-corrected chi connectivity index (χ0v) is 7.71. The number of nitrogens with zero attached hydrogens (tertiary/aromatic N) is 1.